The topological polar surface area (TPSA) is 45.3 Å². The van der Waals surface area contributed by atoms with Gasteiger partial charge in [-0.15, -0.1) is 12.4 Å². The summed E-state index contributed by atoms with van der Waals surface area (Å²) >= 11 is 0. The molecule has 0 amide bonds. The molecule has 1 aromatic heterocycles. The molecule has 1 saturated carbocycles. The highest BCUT2D eigenvalue weighted by molar-refractivity contribution is 5.91. The number of hydrogen-bond acceptors (Lipinski definition) is 3. The number of para-hydroxylation sites is 1. The van der Waals surface area contributed by atoms with Crippen LogP contribution in [0.25, 0.3) is 10.9 Å². The summed E-state index contributed by atoms with van der Waals surface area (Å²) in [5, 5.41) is 1.28. The van der Waals surface area contributed by atoms with Crippen LogP contribution in [0.1, 0.15) is 37.4 Å². The summed E-state index contributed by atoms with van der Waals surface area (Å²) < 4.78 is 5.43. The largest absolute Gasteiger partial charge is 0.468 e. The summed E-state index contributed by atoms with van der Waals surface area (Å²) in [6.07, 6.45) is 4.33. The normalized spacial score (nSPS) is 34.7. The van der Waals surface area contributed by atoms with Gasteiger partial charge in [0.05, 0.1) is 7.11 Å². The zero-order chi connectivity index (χ0) is 17.2. The monoisotopic (exact) mass is 374 g/mol. The van der Waals surface area contributed by atoms with Crippen LogP contribution >= 0.6 is 12.4 Å². The van der Waals surface area contributed by atoms with Crippen LogP contribution < -0.4 is 0 Å². The van der Waals surface area contributed by atoms with E-state index in [9.17, 15) is 4.79 Å². The number of esters is 1. The van der Waals surface area contributed by atoms with Gasteiger partial charge in [-0.05, 0) is 42.7 Å². The third-order valence-corrected chi connectivity index (χ3v) is 7.07. The summed E-state index contributed by atoms with van der Waals surface area (Å²) in [5.41, 5.74) is 3.11. The van der Waals surface area contributed by atoms with Crippen LogP contribution in [0.2, 0.25) is 0 Å². The molecule has 140 valence electrons. The number of hydrogen-bond donors (Lipinski definition) is 1. The minimum atomic E-state index is -0.526. The molecule has 0 radical (unpaired) electrons. The first-order valence-corrected chi connectivity index (χ1v) is 9.61. The van der Waals surface area contributed by atoms with Gasteiger partial charge < -0.3 is 9.72 Å². The van der Waals surface area contributed by atoms with Crippen molar-refractivity contribution in [2.45, 2.75) is 44.1 Å². The highest BCUT2D eigenvalue weighted by Gasteiger charge is 2.62. The molecule has 4 bridgehead atoms. The Balaban J connectivity index is 0.00000168. The minimum Gasteiger partial charge on any atom is -0.468 e. The zero-order valence-corrected chi connectivity index (χ0v) is 16.3. The van der Waals surface area contributed by atoms with Gasteiger partial charge in [0, 0.05) is 35.7 Å². The van der Waals surface area contributed by atoms with Gasteiger partial charge >= 0.3 is 5.97 Å². The highest BCUT2D eigenvalue weighted by Crippen LogP contribution is 2.55. The second-order valence-electron chi connectivity index (χ2n) is 8.15. The Kier molecular flexibility index (Phi) is 4.31. The summed E-state index contributed by atoms with van der Waals surface area (Å²) in [4.78, 5) is 19.5. The number of carbonyl (C=O) groups excluding carboxylic acids is 1. The van der Waals surface area contributed by atoms with E-state index >= 15 is 0 Å². The number of aromatic amines is 1. The molecule has 4 nitrogen and oxygen atoms in total. The Morgan fingerprint density at radius 1 is 1.38 bits per heavy atom. The Bertz CT molecular complexity index is 848. The van der Waals surface area contributed by atoms with E-state index in [-0.39, 0.29) is 24.4 Å². The number of benzene rings is 1. The van der Waals surface area contributed by atoms with E-state index in [0.29, 0.717) is 11.8 Å². The fourth-order valence-corrected chi connectivity index (χ4v) is 6.27. The lowest BCUT2D eigenvalue weighted by atomic mass is 9.56. The van der Waals surface area contributed by atoms with Gasteiger partial charge in [0.15, 0.2) is 0 Å². The number of nitrogens with zero attached hydrogens (tertiary/aromatic N) is 1. The van der Waals surface area contributed by atoms with E-state index in [1.165, 1.54) is 17.4 Å². The Morgan fingerprint density at radius 2 is 2.19 bits per heavy atom. The number of piperidine rings is 2. The van der Waals surface area contributed by atoms with Crippen molar-refractivity contribution >= 4 is 29.3 Å². The van der Waals surface area contributed by atoms with Crippen molar-refractivity contribution < 1.29 is 9.53 Å². The Morgan fingerprint density at radius 3 is 2.96 bits per heavy atom. The first-order chi connectivity index (χ1) is 12.2. The average molecular weight is 375 g/mol. The molecule has 2 saturated heterocycles. The van der Waals surface area contributed by atoms with Crippen LogP contribution in [0.5, 0.6) is 0 Å². The van der Waals surface area contributed by atoms with Crippen molar-refractivity contribution in [1.82, 2.24) is 9.88 Å². The maximum absolute atomic E-state index is 13.3. The number of nitrogens with one attached hydrogen (secondary N) is 1. The SMILES string of the molecule is CC[C@H]1C[C@@H]2CN3CCc4c([nH]c5ccccc45)[C@](C(=O)OC)(C2)[C@H]13.Cl. The number of H-pyrrole nitrogens is 1. The quantitative estimate of drug-likeness (QED) is 0.815. The van der Waals surface area contributed by atoms with Crippen LogP contribution in [0.3, 0.4) is 0 Å². The van der Waals surface area contributed by atoms with E-state index in [2.05, 4.69) is 41.1 Å². The molecule has 6 rings (SSSR count). The lowest BCUT2D eigenvalue weighted by Crippen LogP contribution is -2.67. The molecule has 5 heteroatoms. The molecule has 3 aliphatic heterocycles. The Hall–Kier alpha value is -1.52. The van der Waals surface area contributed by atoms with E-state index in [1.807, 2.05) is 0 Å². The maximum Gasteiger partial charge on any atom is 0.319 e. The minimum absolute atomic E-state index is 0. The second kappa shape index (κ2) is 6.28. The van der Waals surface area contributed by atoms with Gasteiger partial charge in [-0.25, -0.2) is 0 Å². The van der Waals surface area contributed by atoms with E-state index in [1.54, 1.807) is 7.11 Å². The van der Waals surface area contributed by atoms with Gasteiger partial charge in [0.25, 0.3) is 0 Å². The van der Waals surface area contributed by atoms with Crippen LogP contribution in [0.4, 0.5) is 0 Å². The first-order valence-electron chi connectivity index (χ1n) is 9.61. The molecule has 2 aromatic rings. The van der Waals surface area contributed by atoms with Crippen molar-refractivity contribution in [3.63, 3.8) is 0 Å². The predicted molar refractivity (Wildman–Crippen MR) is 105 cm³/mol. The van der Waals surface area contributed by atoms with Crippen molar-refractivity contribution in [2.75, 3.05) is 20.2 Å². The number of carbonyl (C=O) groups is 1. The van der Waals surface area contributed by atoms with Crippen molar-refractivity contribution in [3.05, 3.63) is 35.5 Å². The standard InChI is InChI=1S/C21H26N2O2.ClH/c1-3-14-10-13-11-21(20(24)25-2)18-16(8-9-23(12-13)19(14)21)15-6-4-5-7-17(15)22-18;/h4-7,13-14,19,22H,3,8-12H2,1-2H3;1H/t13-,14-,19-,21+;/m0./s1. The number of aromatic nitrogens is 1. The number of ether oxygens (including phenoxy) is 1. The smallest absolute Gasteiger partial charge is 0.319 e. The molecule has 4 aliphatic rings. The van der Waals surface area contributed by atoms with Gasteiger partial charge in [-0.1, -0.05) is 31.5 Å². The van der Waals surface area contributed by atoms with Crippen LogP contribution in [0, 0.1) is 11.8 Å². The molecule has 1 unspecified atom stereocenters. The Labute approximate surface area is 160 Å². The van der Waals surface area contributed by atoms with E-state index in [0.717, 1.165) is 43.6 Å². The lowest BCUT2D eigenvalue weighted by molar-refractivity contribution is -0.162. The lowest BCUT2D eigenvalue weighted by Gasteiger charge is -2.57. The van der Waals surface area contributed by atoms with Gasteiger partial charge in [-0.3, -0.25) is 9.69 Å². The highest BCUT2D eigenvalue weighted by atomic mass is 35.5. The molecular formula is C21H27ClN2O2. The number of fused-ring (bicyclic) bond motifs is 4. The van der Waals surface area contributed by atoms with Gasteiger partial charge in [0.1, 0.15) is 5.41 Å². The fraction of sp³-hybridized carbons (Fsp3) is 0.571. The summed E-state index contributed by atoms with van der Waals surface area (Å²) in [6, 6.07) is 8.75. The average Bonchev–Trinajstić information content (AvgIpc) is 3.00. The maximum atomic E-state index is 13.3. The van der Waals surface area contributed by atoms with E-state index < -0.39 is 5.41 Å². The molecule has 0 spiro atoms. The molecular weight excluding hydrogens is 348 g/mol. The number of methoxy groups -OCH3 is 1. The molecule has 3 fully saturated rings. The third-order valence-electron chi connectivity index (χ3n) is 7.07. The predicted octanol–water partition coefficient (Wildman–Crippen LogP) is 3.68. The van der Waals surface area contributed by atoms with Crippen LogP contribution in [-0.4, -0.2) is 42.1 Å². The van der Waals surface area contributed by atoms with Crippen molar-refractivity contribution in [3.8, 4) is 0 Å². The zero-order valence-electron chi connectivity index (χ0n) is 15.5. The molecule has 5 atom stereocenters. The fourth-order valence-electron chi connectivity index (χ4n) is 6.27. The summed E-state index contributed by atoms with van der Waals surface area (Å²) in [7, 11) is 1.55. The van der Waals surface area contributed by atoms with Crippen molar-refractivity contribution in [1.29, 1.82) is 0 Å². The number of rotatable bonds is 2. The van der Waals surface area contributed by atoms with Gasteiger partial charge in [0.2, 0.25) is 0 Å². The van der Waals surface area contributed by atoms with E-state index in [4.69, 9.17) is 4.74 Å². The third kappa shape index (κ3) is 2.15. The number of halogens is 1. The second-order valence-corrected chi connectivity index (χ2v) is 8.15. The van der Waals surface area contributed by atoms with Gasteiger partial charge in [-0.2, -0.15) is 0 Å². The van der Waals surface area contributed by atoms with Crippen LogP contribution in [0.15, 0.2) is 24.3 Å². The summed E-state index contributed by atoms with van der Waals surface area (Å²) in [5.74, 6) is 1.12. The molecule has 1 aromatic carbocycles. The summed E-state index contributed by atoms with van der Waals surface area (Å²) in [6.45, 7) is 4.46. The molecule has 4 heterocycles. The van der Waals surface area contributed by atoms with Crippen molar-refractivity contribution in [2.24, 2.45) is 11.8 Å². The molecule has 1 aliphatic carbocycles. The molecule has 26 heavy (non-hydrogen) atoms. The first kappa shape index (κ1) is 17.9. The molecule has 1 N–H and O–H groups in total. The van der Waals surface area contributed by atoms with Crippen LogP contribution in [-0.2, 0) is 21.4 Å².